The molecule has 0 spiro atoms. The zero-order chi connectivity index (χ0) is 11.2. The second-order valence-electron chi connectivity index (χ2n) is 5.50. The van der Waals surface area contributed by atoms with Gasteiger partial charge < -0.3 is 0 Å². The summed E-state index contributed by atoms with van der Waals surface area (Å²) in [5.41, 5.74) is -0.384. The molecule has 0 aromatic heterocycles. The maximum absolute atomic E-state index is 5.44. The molecule has 0 atom stereocenters. The molecule has 0 aliphatic heterocycles. The first kappa shape index (κ1) is 13.9. The van der Waals surface area contributed by atoms with Gasteiger partial charge in [-0.3, -0.25) is 0 Å². The molecule has 0 N–H and O–H groups in total. The Morgan fingerprint density at radius 1 is 0.857 bits per heavy atom. The molecule has 2 nitrogen and oxygen atoms in total. The average molecular weight is 202 g/mol. The van der Waals surface area contributed by atoms with E-state index in [2.05, 4.69) is 20.8 Å². The molecule has 0 fully saturated rings. The van der Waals surface area contributed by atoms with Crippen LogP contribution < -0.4 is 0 Å². The van der Waals surface area contributed by atoms with Crippen LogP contribution in [0, 0.1) is 0 Å². The van der Waals surface area contributed by atoms with Gasteiger partial charge in [-0.15, -0.1) is 0 Å². The summed E-state index contributed by atoms with van der Waals surface area (Å²) in [5, 5.41) is 0. The lowest BCUT2D eigenvalue weighted by atomic mass is 10.0. The maximum atomic E-state index is 5.44. The summed E-state index contributed by atoms with van der Waals surface area (Å²) in [7, 11) is 0. The molecule has 0 amide bonds. The Morgan fingerprint density at radius 3 is 1.86 bits per heavy atom. The average Bonchev–Trinajstić information content (AvgIpc) is 2.00. The van der Waals surface area contributed by atoms with Crippen molar-refractivity contribution in [3.63, 3.8) is 0 Å². The minimum absolute atomic E-state index is 0.164. The van der Waals surface area contributed by atoms with Gasteiger partial charge in [-0.05, 0) is 41.0 Å². The molecule has 0 bridgehead atoms. The van der Waals surface area contributed by atoms with Crippen LogP contribution in [0.3, 0.4) is 0 Å². The fourth-order valence-corrected chi connectivity index (χ4v) is 1.08. The van der Waals surface area contributed by atoms with Gasteiger partial charge in [0.2, 0.25) is 0 Å². The Labute approximate surface area is 88.9 Å². The summed E-state index contributed by atoms with van der Waals surface area (Å²) >= 11 is 0. The lowest BCUT2D eigenvalue weighted by Crippen LogP contribution is -2.30. The fourth-order valence-electron chi connectivity index (χ4n) is 1.08. The summed E-state index contributed by atoms with van der Waals surface area (Å²) in [5.74, 6) is 0. The zero-order valence-electron chi connectivity index (χ0n) is 10.6. The minimum atomic E-state index is -0.220. The quantitative estimate of drug-likeness (QED) is 0.367. The first-order chi connectivity index (χ1) is 6.27. The van der Waals surface area contributed by atoms with Gasteiger partial charge in [0.05, 0.1) is 11.2 Å². The van der Waals surface area contributed by atoms with E-state index in [1.165, 1.54) is 19.3 Å². The maximum Gasteiger partial charge on any atom is 0.0980 e. The van der Waals surface area contributed by atoms with Crippen molar-refractivity contribution in [3.8, 4) is 0 Å². The molecule has 0 saturated heterocycles. The molecule has 0 radical (unpaired) electrons. The summed E-state index contributed by atoms with van der Waals surface area (Å²) in [6.45, 7) is 12.3. The third-order valence-corrected chi connectivity index (χ3v) is 1.90. The highest BCUT2D eigenvalue weighted by Gasteiger charge is 2.23. The van der Waals surface area contributed by atoms with E-state index in [-0.39, 0.29) is 11.2 Å². The summed E-state index contributed by atoms with van der Waals surface area (Å²) in [6, 6.07) is 0. The van der Waals surface area contributed by atoms with E-state index in [0.29, 0.717) is 0 Å². The van der Waals surface area contributed by atoms with Crippen molar-refractivity contribution in [1.29, 1.82) is 0 Å². The van der Waals surface area contributed by atoms with Crippen molar-refractivity contribution in [2.75, 3.05) is 0 Å². The highest BCUT2D eigenvalue weighted by Crippen LogP contribution is 2.21. The lowest BCUT2D eigenvalue weighted by Gasteiger charge is -2.28. The highest BCUT2D eigenvalue weighted by molar-refractivity contribution is 4.67. The monoisotopic (exact) mass is 202 g/mol. The van der Waals surface area contributed by atoms with Crippen molar-refractivity contribution >= 4 is 0 Å². The number of hydrogen-bond donors (Lipinski definition) is 0. The molecule has 0 aliphatic carbocycles. The first-order valence-electron chi connectivity index (χ1n) is 5.64. The standard InChI is InChI=1S/C12H26O2/c1-7-8-9-10-12(5,6)14-13-11(2,3)4/h7-10H2,1-6H3. The molecule has 86 valence electrons. The van der Waals surface area contributed by atoms with Crippen LogP contribution in [0.5, 0.6) is 0 Å². The zero-order valence-corrected chi connectivity index (χ0v) is 10.6. The van der Waals surface area contributed by atoms with E-state index in [1.807, 2.05) is 20.8 Å². The molecule has 0 aromatic carbocycles. The molecule has 14 heavy (non-hydrogen) atoms. The van der Waals surface area contributed by atoms with Crippen molar-refractivity contribution < 1.29 is 9.78 Å². The smallest absolute Gasteiger partial charge is 0.0980 e. The van der Waals surface area contributed by atoms with E-state index < -0.39 is 0 Å². The Hall–Kier alpha value is -0.0800. The first-order valence-corrected chi connectivity index (χ1v) is 5.64. The summed E-state index contributed by atoms with van der Waals surface area (Å²) in [6.07, 6.45) is 4.77. The van der Waals surface area contributed by atoms with Crippen LogP contribution in [0.1, 0.15) is 67.2 Å². The second-order valence-corrected chi connectivity index (χ2v) is 5.50. The van der Waals surface area contributed by atoms with Gasteiger partial charge in [-0.25, -0.2) is 9.78 Å². The normalized spacial score (nSPS) is 13.3. The molecule has 0 saturated carbocycles. The van der Waals surface area contributed by atoms with Crippen molar-refractivity contribution in [1.82, 2.24) is 0 Å². The van der Waals surface area contributed by atoms with Crippen LogP contribution in [0.2, 0.25) is 0 Å². The molecular formula is C12H26O2. The fraction of sp³-hybridized carbons (Fsp3) is 1.00. The van der Waals surface area contributed by atoms with E-state index in [1.54, 1.807) is 0 Å². The Bertz CT molecular complexity index is 145. The van der Waals surface area contributed by atoms with Gasteiger partial charge in [0, 0.05) is 0 Å². The summed E-state index contributed by atoms with van der Waals surface area (Å²) < 4.78 is 0. The molecule has 2 heteroatoms. The van der Waals surface area contributed by atoms with Crippen molar-refractivity contribution in [2.24, 2.45) is 0 Å². The van der Waals surface area contributed by atoms with Crippen molar-refractivity contribution in [3.05, 3.63) is 0 Å². The molecule has 0 unspecified atom stereocenters. The van der Waals surface area contributed by atoms with Gasteiger partial charge in [-0.2, -0.15) is 0 Å². The van der Waals surface area contributed by atoms with Crippen LogP contribution in [0.15, 0.2) is 0 Å². The largest absolute Gasteiger partial charge is 0.230 e. The van der Waals surface area contributed by atoms with Crippen LogP contribution in [-0.2, 0) is 9.78 Å². The highest BCUT2D eigenvalue weighted by atomic mass is 17.2. The minimum Gasteiger partial charge on any atom is -0.230 e. The molecule has 0 aliphatic rings. The third kappa shape index (κ3) is 8.52. The van der Waals surface area contributed by atoms with E-state index in [0.717, 1.165) is 6.42 Å². The van der Waals surface area contributed by atoms with Crippen LogP contribution in [0.25, 0.3) is 0 Å². The van der Waals surface area contributed by atoms with Gasteiger partial charge >= 0.3 is 0 Å². The predicted octanol–water partition coefficient (Wildman–Crippen LogP) is 4.09. The SMILES string of the molecule is CCCCCC(C)(C)OOC(C)(C)C. The van der Waals surface area contributed by atoms with Crippen LogP contribution in [-0.4, -0.2) is 11.2 Å². The number of rotatable bonds is 6. The summed E-state index contributed by atoms with van der Waals surface area (Å²) in [4.78, 5) is 10.8. The Kier molecular flexibility index (Phi) is 5.68. The van der Waals surface area contributed by atoms with Gasteiger partial charge in [0.25, 0.3) is 0 Å². The van der Waals surface area contributed by atoms with Gasteiger partial charge in [0.1, 0.15) is 0 Å². The Morgan fingerprint density at radius 2 is 1.43 bits per heavy atom. The molecule has 0 heterocycles. The van der Waals surface area contributed by atoms with Gasteiger partial charge in [0.15, 0.2) is 0 Å². The second kappa shape index (κ2) is 5.72. The molecule has 0 rings (SSSR count). The lowest BCUT2D eigenvalue weighted by molar-refractivity contribution is -0.398. The van der Waals surface area contributed by atoms with Crippen LogP contribution in [0.4, 0.5) is 0 Å². The number of unbranched alkanes of at least 4 members (excludes halogenated alkanes) is 2. The Balaban J connectivity index is 3.72. The van der Waals surface area contributed by atoms with E-state index in [4.69, 9.17) is 9.78 Å². The molecule has 0 aromatic rings. The third-order valence-electron chi connectivity index (χ3n) is 1.90. The van der Waals surface area contributed by atoms with E-state index >= 15 is 0 Å². The van der Waals surface area contributed by atoms with E-state index in [9.17, 15) is 0 Å². The number of hydrogen-bond acceptors (Lipinski definition) is 2. The van der Waals surface area contributed by atoms with Crippen molar-refractivity contribution in [2.45, 2.75) is 78.4 Å². The molecular weight excluding hydrogens is 176 g/mol. The van der Waals surface area contributed by atoms with Crippen LogP contribution >= 0.6 is 0 Å². The predicted molar refractivity (Wildman–Crippen MR) is 60.1 cm³/mol. The topological polar surface area (TPSA) is 18.5 Å². The van der Waals surface area contributed by atoms with Gasteiger partial charge in [-0.1, -0.05) is 26.2 Å².